The predicted molar refractivity (Wildman–Crippen MR) is 70.2 cm³/mol. The molecule has 0 bridgehead atoms. The van der Waals surface area contributed by atoms with E-state index in [0.29, 0.717) is 6.04 Å². The SMILES string of the molecule is COc1ccc(CN(C)[C@H](C)C[C@H](C)O)cc1. The zero-order valence-electron chi connectivity index (χ0n) is 11.2. The lowest BCUT2D eigenvalue weighted by atomic mass is 10.1. The minimum atomic E-state index is -0.247. The van der Waals surface area contributed by atoms with Crippen molar-refractivity contribution in [3.05, 3.63) is 29.8 Å². The molecule has 0 aliphatic rings. The first-order chi connectivity index (χ1) is 8.02. The number of hydrogen-bond acceptors (Lipinski definition) is 3. The van der Waals surface area contributed by atoms with Gasteiger partial charge in [-0.25, -0.2) is 0 Å². The van der Waals surface area contributed by atoms with E-state index in [2.05, 4.69) is 31.0 Å². The van der Waals surface area contributed by atoms with Crippen LogP contribution in [0.4, 0.5) is 0 Å². The molecule has 0 heterocycles. The maximum absolute atomic E-state index is 9.36. The Bertz CT molecular complexity index is 321. The van der Waals surface area contributed by atoms with Crippen LogP contribution in [0.25, 0.3) is 0 Å². The molecule has 0 spiro atoms. The van der Waals surface area contributed by atoms with Crippen molar-refractivity contribution in [1.29, 1.82) is 0 Å². The second-order valence-corrected chi connectivity index (χ2v) is 4.70. The Morgan fingerprint density at radius 2 is 1.82 bits per heavy atom. The van der Waals surface area contributed by atoms with Gasteiger partial charge >= 0.3 is 0 Å². The Hall–Kier alpha value is -1.06. The molecule has 96 valence electrons. The minimum absolute atomic E-state index is 0.247. The molecule has 1 aromatic carbocycles. The van der Waals surface area contributed by atoms with Crippen LogP contribution in [0.1, 0.15) is 25.8 Å². The van der Waals surface area contributed by atoms with Crippen LogP contribution in [0.2, 0.25) is 0 Å². The van der Waals surface area contributed by atoms with Crippen molar-refractivity contribution in [2.75, 3.05) is 14.2 Å². The lowest BCUT2D eigenvalue weighted by Gasteiger charge is -2.25. The van der Waals surface area contributed by atoms with Crippen LogP contribution < -0.4 is 4.74 Å². The highest BCUT2D eigenvalue weighted by molar-refractivity contribution is 5.27. The second-order valence-electron chi connectivity index (χ2n) is 4.70. The van der Waals surface area contributed by atoms with E-state index in [1.165, 1.54) is 5.56 Å². The number of nitrogens with zero attached hydrogens (tertiary/aromatic N) is 1. The normalized spacial score (nSPS) is 14.7. The van der Waals surface area contributed by atoms with Crippen molar-refractivity contribution < 1.29 is 9.84 Å². The number of rotatable bonds is 6. The van der Waals surface area contributed by atoms with Gasteiger partial charge in [0.15, 0.2) is 0 Å². The van der Waals surface area contributed by atoms with Gasteiger partial charge in [-0.3, -0.25) is 4.90 Å². The third kappa shape index (κ3) is 4.75. The number of hydrogen-bond donors (Lipinski definition) is 1. The Morgan fingerprint density at radius 3 is 2.29 bits per heavy atom. The standard InChI is InChI=1S/C14H23NO2/c1-11(9-12(2)16)15(3)10-13-5-7-14(17-4)8-6-13/h5-8,11-12,16H,9-10H2,1-4H3/t11-,12+/m1/s1. The van der Waals surface area contributed by atoms with Gasteiger partial charge in [-0.2, -0.15) is 0 Å². The summed E-state index contributed by atoms with van der Waals surface area (Å²) >= 11 is 0. The molecule has 1 N–H and O–H groups in total. The summed E-state index contributed by atoms with van der Waals surface area (Å²) in [5.74, 6) is 0.883. The fourth-order valence-corrected chi connectivity index (χ4v) is 1.85. The molecule has 17 heavy (non-hydrogen) atoms. The molecule has 3 heteroatoms. The average molecular weight is 237 g/mol. The third-order valence-corrected chi connectivity index (χ3v) is 3.03. The molecule has 0 aliphatic heterocycles. The Labute approximate surface area is 104 Å². The summed E-state index contributed by atoms with van der Waals surface area (Å²) in [5.41, 5.74) is 1.26. The number of aliphatic hydroxyl groups excluding tert-OH is 1. The summed E-state index contributed by atoms with van der Waals surface area (Å²) in [6.07, 6.45) is 0.551. The molecule has 0 radical (unpaired) electrons. The summed E-state index contributed by atoms with van der Waals surface area (Å²) in [6.45, 7) is 4.85. The summed E-state index contributed by atoms with van der Waals surface area (Å²) in [6, 6.07) is 8.47. The van der Waals surface area contributed by atoms with Gasteiger partial charge in [-0.15, -0.1) is 0 Å². The maximum atomic E-state index is 9.36. The summed E-state index contributed by atoms with van der Waals surface area (Å²) in [7, 11) is 3.75. The molecule has 3 nitrogen and oxygen atoms in total. The lowest BCUT2D eigenvalue weighted by molar-refractivity contribution is 0.131. The van der Waals surface area contributed by atoms with E-state index >= 15 is 0 Å². The van der Waals surface area contributed by atoms with E-state index in [-0.39, 0.29) is 6.10 Å². The molecular weight excluding hydrogens is 214 g/mol. The molecule has 2 atom stereocenters. The van der Waals surface area contributed by atoms with Crippen LogP contribution >= 0.6 is 0 Å². The number of benzene rings is 1. The molecule has 0 aliphatic carbocycles. The highest BCUT2D eigenvalue weighted by Crippen LogP contribution is 2.14. The molecule has 0 fully saturated rings. The zero-order valence-corrected chi connectivity index (χ0v) is 11.2. The van der Waals surface area contributed by atoms with Crippen LogP contribution in [-0.2, 0) is 6.54 Å². The second kappa shape index (κ2) is 6.62. The van der Waals surface area contributed by atoms with Crippen LogP contribution in [0.15, 0.2) is 24.3 Å². The quantitative estimate of drug-likeness (QED) is 0.824. The first-order valence-corrected chi connectivity index (χ1v) is 6.04. The molecule has 1 aromatic rings. The zero-order chi connectivity index (χ0) is 12.8. The van der Waals surface area contributed by atoms with Gasteiger partial charge in [-0.1, -0.05) is 12.1 Å². The van der Waals surface area contributed by atoms with Crippen LogP contribution in [0.3, 0.4) is 0 Å². The van der Waals surface area contributed by atoms with E-state index < -0.39 is 0 Å². The Balaban J connectivity index is 2.51. The summed E-state index contributed by atoms with van der Waals surface area (Å²) in [4.78, 5) is 2.24. The third-order valence-electron chi connectivity index (χ3n) is 3.03. The molecule has 0 amide bonds. The van der Waals surface area contributed by atoms with Crippen molar-refractivity contribution >= 4 is 0 Å². The number of aliphatic hydroxyl groups is 1. The summed E-state index contributed by atoms with van der Waals surface area (Å²) in [5, 5.41) is 9.36. The molecule has 0 saturated carbocycles. The van der Waals surface area contributed by atoms with Gasteiger partial charge in [0.2, 0.25) is 0 Å². The van der Waals surface area contributed by atoms with Gasteiger partial charge in [0.25, 0.3) is 0 Å². The van der Waals surface area contributed by atoms with E-state index in [9.17, 15) is 5.11 Å². The molecule has 1 rings (SSSR count). The van der Waals surface area contributed by atoms with Crippen LogP contribution in [0.5, 0.6) is 5.75 Å². The number of methoxy groups -OCH3 is 1. The van der Waals surface area contributed by atoms with Crippen LogP contribution in [0, 0.1) is 0 Å². The first-order valence-electron chi connectivity index (χ1n) is 6.04. The minimum Gasteiger partial charge on any atom is -0.497 e. The van der Waals surface area contributed by atoms with E-state index in [1.54, 1.807) is 7.11 Å². The molecule has 0 unspecified atom stereocenters. The lowest BCUT2D eigenvalue weighted by Crippen LogP contribution is -2.31. The van der Waals surface area contributed by atoms with Crippen molar-refractivity contribution in [3.63, 3.8) is 0 Å². The Kier molecular flexibility index (Phi) is 5.45. The van der Waals surface area contributed by atoms with E-state index in [4.69, 9.17) is 4.74 Å². The van der Waals surface area contributed by atoms with Crippen molar-refractivity contribution in [2.24, 2.45) is 0 Å². The van der Waals surface area contributed by atoms with Crippen molar-refractivity contribution in [3.8, 4) is 5.75 Å². The number of ether oxygens (including phenoxy) is 1. The highest BCUT2D eigenvalue weighted by atomic mass is 16.5. The summed E-state index contributed by atoms with van der Waals surface area (Å²) < 4.78 is 5.13. The van der Waals surface area contributed by atoms with Gasteiger partial charge in [0.05, 0.1) is 13.2 Å². The van der Waals surface area contributed by atoms with Crippen LogP contribution in [-0.4, -0.2) is 36.3 Å². The van der Waals surface area contributed by atoms with Crippen molar-refractivity contribution in [1.82, 2.24) is 4.90 Å². The highest BCUT2D eigenvalue weighted by Gasteiger charge is 2.11. The van der Waals surface area contributed by atoms with Gasteiger partial charge in [0, 0.05) is 12.6 Å². The maximum Gasteiger partial charge on any atom is 0.118 e. The van der Waals surface area contributed by atoms with E-state index in [0.717, 1.165) is 18.7 Å². The van der Waals surface area contributed by atoms with Gasteiger partial charge in [-0.05, 0) is 45.0 Å². The van der Waals surface area contributed by atoms with Crippen molar-refractivity contribution in [2.45, 2.75) is 39.0 Å². The van der Waals surface area contributed by atoms with Gasteiger partial charge in [0.1, 0.15) is 5.75 Å². The first kappa shape index (κ1) is 14.0. The topological polar surface area (TPSA) is 32.7 Å². The fraction of sp³-hybridized carbons (Fsp3) is 0.571. The smallest absolute Gasteiger partial charge is 0.118 e. The predicted octanol–water partition coefficient (Wildman–Crippen LogP) is 2.29. The monoisotopic (exact) mass is 237 g/mol. The van der Waals surface area contributed by atoms with Gasteiger partial charge < -0.3 is 9.84 Å². The average Bonchev–Trinajstić information content (AvgIpc) is 2.29. The fourth-order valence-electron chi connectivity index (χ4n) is 1.85. The largest absolute Gasteiger partial charge is 0.497 e. The van der Waals surface area contributed by atoms with E-state index in [1.807, 2.05) is 19.1 Å². The molecule has 0 aromatic heterocycles. The molecular formula is C14H23NO2. The molecule has 0 saturated heterocycles. The Morgan fingerprint density at radius 1 is 1.24 bits per heavy atom.